The van der Waals surface area contributed by atoms with Crippen LogP contribution in [0.3, 0.4) is 0 Å². The fraction of sp³-hybridized carbons (Fsp3) is 0.545. The monoisotopic (exact) mass is 381 g/mol. The van der Waals surface area contributed by atoms with Gasteiger partial charge in [-0.1, -0.05) is 0 Å². The highest BCUT2D eigenvalue weighted by molar-refractivity contribution is 5.94. The summed E-state index contributed by atoms with van der Waals surface area (Å²) in [4.78, 5) is 22.0. The van der Waals surface area contributed by atoms with Crippen LogP contribution in [0.5, 0.6) is 0 Å². The van der Waals surface area contributed by atoms with Gasteiger partial charge in [-0.2, -0.15) is 0 Å². The Morgan fingerprint density at radius 1 is 1.07 bits per heavy atom. The lowest BCUT2D eigenvalue weighted by Crippen LogP contribution is -2.35. The van der Waals surface area contributed by atoms with E-state index in [1.54, 1.807) is 0 Å². The summed E-state index contributed by atoms with van der Waals surface area (Å²) < 4.78 is 11.4. The number of carbonyl (C=O) groups is 1. The number of ether oxygens (including phenoxy) is 1. The van der Waals surface area contributed by atoms with Crippen LogP contribution in [-0.4, -0.2) is 48.6 Å². The summed E-state index contributed by atoms with van der Waals surface area (Å²) >= 11 is 0. The van der Waals surface area contributed by atoms with E-state index in [9.17, 15) is 4.79 Å². The summed E-state index contributed by atoms with van der Waals surface area (Å²) in [5.74, 6) is 2.05. The predicted molar refractivity (Wildman–Crippen MR) is 106 cm³/mol. The minimum atomic E-state index is 0.0737. The van der Waals surface area contributed by atoms with Gasteiger partial charge >= 0.3 is 0 Å². The number of hydrogen-bond acceptors (Lipinski definition) is 5. The van der Waals surface area contributed by atoms with Gasteiger partial charge < -0.3 is 19.0 Å². The van der Waals surface area contributed by atoms with Gasteiger partial charge in [-0.25, -0.2) is 4.98 Å². The van der Waals surface area contributed by atoms with Crippen molar-refractivity contribution in [2.45, 2.75) is 44.6 Å². The molecule has 2 fully saturated rings. The van der Waals surface area contributed by atoms with E-state index in [-0.39, 0.29) is 11.8 Å². The molecule has 0 saturated carbocycles. The molecule has 5 rings (SSSR count). The van der Waals surface area contributed by atoms with Crippen molar-refractivity contribution in [1.82, 2.24) is 9.88 Å². The van der Waals surface area contributed by atoms with E-state index < -0.39 is 0 Å². The summed E-state index contributed by atoms with van der Waals surface area (Å²) in [7, 11) is 0. The maximum atomic E-state index is 13.0. The van der Waals surface area contributed by atoms with E-state index in [0.29, 0.717) is 19.7 Å². The number of amides is 1. The standard InChI is InChI=1S/C22H27N3O3/c26-22(16-4-6-18(7-5-16)24-10-2-1-3-11-24)25-12-8-20-19(14-25)23-21(28-20)17-9-13-27-15-17/h4-7,17H,1-3,8-15H2. The Hall–Kier alpha value is -2.34. The second kappa shape index (κ2) is 7.59. The molecule has 0 radical (unpaired) electrons. The third kappa shape index (κ3) is 3.41. The van der Waals surface area contributed by atoms with E-state index in [1.807, 2.05) is 17.0 Å². The van der Waals surface area contributed by atoms with Crippen molar-refractivity contribution >= 4 is 11.6 Å². The summed E-state index contributed by atoms with van der Waals surface area (Å²) in [5.41, 5.74) is 2.88. The lowest BCUT2D eigenvalue weighted by atomic mass is 10.1. The zero-order valence-electron chi connectivity index (χ0n) is 16.2. The topological polar surface area (TPSA) is 58.8 Å². The van der Waals surface area contributed by atoms with Crippen molar-refractivity contribution in [3.05, 3.63) is 47.2 Å². The fourth-order valence-electron chi connectivity index (χ4n) is 4.45. The van der Waals surface area contributed by atoms with Crippen LogP contribution in [0.25, 0.3) is 0 Å². The first-order valence-corrected chi connectivity index (χ1v) is 10.5. The first-order valence-electron chi connectivity index (χ1n) is 10.5. The number of fused-ring (bicyclic) bond motifs is 1. The van der Waals surface area contributed by atoms with Crippen molar-refractivity contribution in [3.63, 3.8) is 0 Å². The molecular formula is C22H27N3O3. The maximum Gasteiger partial charge on any atom is 0.254 e. The summed E-state index contributed by atoms with van der Waals surface area (Å²) in [5, 5.41) is 0. The third-order valence-corrected chi connectivity index (χ3v) is 6.15. The van der Waals surface area contributed by atoms with Gasteiger partial charge in [0.25, 0.3) is 5.91 Å². The Kier molecular flexibility index (Phi) is 4.81. The van der Waals surface area contributed by atoms with Crippen LogP contribution in [-0.2, 0) is 17.7 Å². The predicted octanol–water partition coefficient (Wildman–Crippen LogP) is 3.37. The normalized spacial score (nSPS) is 22.4. The van der Waals surface area contributed by atoms with Gasteiger partial charge in [0.05, 0.1) is 19.1 Å². The quantitative estimate of drug-likeness (QED) is 0.816. The van der Waals surface area contributed by atoms with Crippen molar-refractivity contribution in [3.8, 4) is 0 Å². The van der Waals surface area contributed by atoms with Crippen LogP contribution in [0.4, 0.5) is 5.69 Å². The van der Waals surface area contributed by atoms with Gasteiger partial charge in [0, 0.05) is 43.9 Å². The summed E-state index contributed by atoms with van der Waals surface area (Å²) in [6.07, 6.45) is 5.52. The average molecular weight is 381 g/mol. The molecule has 1 atom stereocenters. The number of rotatable bonds is 3. The van der Waals surface area contributed by atoms with E-state index in [0.717, 1.165) is 55.4 Å². The van der Waals surface area contributed by atoms with Crippen molar-refractivity contribution in [2.24, 2.45) is 0 Å². The molecule has 148 valence electrons. The Bertz CT molecular complexity index is 833. The molecule has 6 heteroatoms. The molecule has 1 aromatic heterocycles. The number of carbonyl (C=O) groups excluding carboxylic acids is 1. The van der Waals surface area contributed by atoms with Crippen LogP contribution in [0.1, 0.15) is 59.3 Å². The van der Waals surface area contributed by atoms with Crippen molar-refractivity contribution in [2.75, 3.05) is 37.7 Å². The minimum Gasteiger partial charge on any atom is -0.445 e. The molecule has 0 N–H and O–H groups in total. The lowest BCUT2D eigenvalue weighted by molar-refractivity contribution is 0.0728. The number of nitrogens with zero attached hydrogens (tertiary/aromatic N) is 3. The van der Waals surface area contributed by atoms with Gasteiger partial charge in [-0.3, -0.25) is 4.79 Å². The maximum absolute atomic E-state index is 13.0. The molecule has 3 aliphatic heterocycles. The first kappa shape index (κ1) is 17.7. The van der Waals surface area contributed by atoms with E-state index >= 15 is 0 Å². The number of aromatic nitrogens is 1. The largest absolute Gasteiger partial charge is 0.445 e. The molecule has 2 saturated heterocycles. The molecule has 1 unspecified atom stereocenters. The number of piperidine rings is 1. The second-order valence-corrected chi connectivity index (χ2v) is 8.05. The highest BCUT2D eigenvalue weighted by Gasteiger charge is 2.29. The van der Waals surface area contributed by atoms with Crippen LogP contribution < -0.4 is 4.90 Å². The molecule has 1 amide bonds. The second-order valence-electron chi connectivity index (χ2n) is 8.05. The first-order chi connectivity index (χ1) is 13.8. The van der Waals surface area contributed by atoms with Gasteiger partial charge in [-0.15, -0.1) is 0 Å². The van der Waals surface area contributed by atoms with Crippen LogP contribution in [0, 0.1) is 0 Å². The van der Waals surface area contributed by atoms with Crippen molar-refractivity contribution < 1.29 is 13.9 Å². The Balaban J connectivity index is 1.27. The van der Waals surface area contributed by atoms with E-state index in [2.05, 4.69) is 22.0 Å². The van der Waals surface area contributed by atoms with Gasteiger partial charge in [-0.05, 0) is 49.9 Å². The molecule has 0 spiro atoms. The van der Waals surface area contributed by atoms with Gasteiger partial charge in [0.15, 0.2) is 5.89 Å². The molecule has 1 aromatic carbocycles. The zero-order chi connectivity index (χ0) is 18.9. The average Bonchev–Trinajstić information content (AvgIpc) is 3.43. The SMILES string of the molecule is O=C(c1ccc(N2CCCCC2)cc1)N1CCc2oc(C3CCOC3)nc2C1. The minimum absolute atomic E-state index is 0.0737. The third-order valence-electron chi connectivity index (χ3n) is 6.15. The van der Waals surface area contributed by atoms with E-state index in [1.165, 1.54) is 24.9 Å². The Morgan fingerprint density at radius 2 is 1.89 bits per heavy atom. The zero-order valence-corrected chi connectivity index (χ0v) is 16.2. The number of anilines is 1. The number of benzene rings is 1. The highest BCUT2D eigenvalue weighted by Crippen LogP contribution is 2.29. The highest BCUT2D eigenvalue weighted by atomic mass is 16.5. The van der Waals surface area contributed by atoms with Gasteiger partial charge in [0.1, 0.15) is 11.5 Å². The molecule has 0 aliphatic carbocycles. The Labute approximate surface area is 165 Å². The molecule has 4 heterocycles. The molecular weight excluding hydrogens is 354 g/mol. The van der Waals surface area contributed by atoms with Crippen molar-refractivity contribution in [1.29, 1.82) is 0 Å². The number of hydrogen-bond donors (Lipinski definition) is 0. The molecule has 28 heavy (non-hydrogen) atoms. The van der Waals surface area contributed by atoms with Crippen LogP contribution in [0.15, 0.2) is 28.7 Å². The molecule has 3 aliphatic rings. The van der Waals surface area contributed by atoms with Crippen LogP contribution in [0.2, 0.25) is 0 Å². The molecule has 0 bridgehead atoms. The summed E-state index contributed by atoms with van der Waals surface area (Å²) in [6.45, 7) is 4.89. The molecule has 6 nitrogen and oxygen atoms in total. The lowest BCUT2D eigenvalue weighted by Gasteiger charge is -2.29. The van der Waals surface area contributed by atoms with Crippen LogP contribution >= 0.6 is 0 Å². The Morgan fingerprint density at radius 3 is 2.64 bits per heavy atom. The smallest absolute Gasteiger partial charge is 0.254 e. The van der Waals surface area contributed by atoms with Gasteiger partial charge in [0.2, 0.25) is 0 Å². The van der Waals surface area contributed by atoms with E-state index in [4.69, 9.17) is 9.15 Å². The molecule has 2 aromatic rings. The number of oxazole rings is 1. The summed E-state index contributed by atoms with van der Waals surface area (Å²) in [6, 6.07) is 8.10. The fourth-order valence-corrected chi connectivity index (χ4v) is 4.45.